The van der Waals surface area contributed by atoms with Crippen molar-refractivity contribution >= 4 is 34.5 Å². The molecule has 3 aromatic rings. The Morgan fingerprint density at radius 1 is 1.37 bits per heavy atom. The molecule has 0 saturated heterocycles. The normalized spacial score (nSPS) is 11.6. The second-order valence-electron chi connectivity index (χ2n) is 6.51. The predicted molar refractivity (Wildman–Crippen MR) is 124 cm³/mol. The zero-order valence-electron chi connectivity index (χ0n) is 17.4. The molecule has 0 aromatic carbocycles. The van der Waals surface area contributed by atoms with E-state index in [1.807, 2.05) is 27.0 Å². The second kappa shape index (κ2) is 9.86. The van der Waals surface area contributed by atoms with Gasteiger partial charge in [0, 0.05) is 30.7 Å². The van der Waals surface area contributed by atoms with Gasteiger partial charge in [0.05, 0.1) is 15.3 Å². The van der Waals surface area contributed by atoms with Gasteiger partial charge in [-0.15, -0.1) is 0 Å². The van der Waals surface area contributed by atoms with Crippen LogP contribution in [-0.2, 0) is 12.8 Å². The van der Waals surface area contributed by atoms with E-state index < -0.39 is 0 Å². The zero-order chi connectivity index (χ0) is 21.7. The number of nitrogens with one attached hydrogen (secondary N) is 1. The molecule has 1 aliphatic carbocycles. The first-order valence-corrected chi connectivity index (χ1v) is 11.6. The molecule has 0 bridgehead atoms. The van der Waals surface area contributed by atoms with E-state index in [1.165, 1.54) is 34.0 Å². The number of nitrogens with two attached hydrogens (primary N) is 1. The van der Waals surface area contributed by atoms with E-state index in [0.29, 0.717) is 23.7 Å². The Morgan fingerprint density at radius 2 is 2.17 bits per heavy atom. The van der Waals surface area contributed by atoms with Crippen molar-refractivity contribution < 1.29 is 9.53 Å². The summed E-state index contributed by atoms with van der Waals surface area (Å²) in [6.45, 7) is 10.5. The number of nitrogens with zero attached hydrogens (tertiary/aromatic N) is 2. The third-order valence-corrected chi connectivity index (χ3v) is 6.54. The number of aromatic nitrogens is 2. The zero-order valence-corrected chi connectivity index (χ0v) is 19.1. The summed E-state index contributed by atoms with van der Waals surface area (Å²) in [5.74, 6) is 0.354. The molecule has 3 N–H and O–H groups in total. The molecule has 4 rings (SSSR count). The van der Waals surface area contributed by atoms with Crippen LogP contribution in [0.1, 0.15) is 53.7 Å². The lowest BCUT2D eigenvalue weighted by molar-refractivity contribution is 0.0948. The molecule has 1 aliphatic rings. The van der Waals surface area contributed by atoms with Crippen LogP contribution in [0.2, 0.25) is 0 Å². The summed E-state index contributed by atoms with van der Waals surface area (Å²) in [5.41, 5.74) is 10.3. The summed E-state index contributed by atoms with van der Waals surface area (Å²) < 4.78 is 10.6. The van der Waals surface area contributed by atoms with Crippen molar-refractivity contribution in [2.24, 2.45) is 5.73 Å². The Balaban J connectivity index is 0.00000124. The molecule has 8 heteroatoms. The van der Waals surface area contributed by atoms with Crippen LogP contribution < -0.4 is 15.8 Å². The minimum atomic E-state index is -0.207. The molecular formula is C22H26N4O2S2. The first-order valence-electron chi connectivity index (χ1n) is 10.0. The van der Waals surface area contributed by atoms with Gasteiger partial charge in [-0.2, -0.15) is 0 Å². The van der Waals surface area contributed by atoms with Crippen molar-refractivity contribution in [3.8, 4) is 21.3 Å². The number of amides is 1. The molecule has 0 saturated carbocycles. The van der Waals surface area contributed by atoms with Gasteiger partial charge in [0.15, 0.2) is 5.06 Å². The predicted octanol–water partition coefficient (Wildman–Crippen LogP) is 5.25. The van der Waals surface area contributed by atoms with Crippen LogP contribution in [-0.4, -0.2) is 21.8 Å². The number of carbonyl (C=O) groups excluding carboxylic acids is 1. The number of fused-ring (bicyclic) bond motifs is 3. The Kier molecular flexibility index (Phi) is 7.23. The minimum absolute atomic E-state index is 0.207. The van der Waals surface area contributed by atoms with Crippen LogP contribution in [0.5, 0.6) is 10.8 Å². The van der Waals surface area contributed by atoms with E-state index in [4.69, 9.17) is 10.5 Å². The highest BCUT2D eigenvalue weighted by atomic mass is 32.1. The maximum Gasteiger partial charge on any atom is 0.270 e. The molecular weight excluding hydrogens is 416 g/mol. The summed E-state index contributed by atoms with van der Waals surface area (Å²) >= 11 is 2.95. The number of pyridine rings is 1. The van der Waals surface area contributed by atoms with Gasteiger partial charge in [-0.3, -0.25) is 9.78 Å². The monoisotopic (exact) mass is 442 g/mol. The summed E-state index contributed by atoms with van der Waals surface area (Å²) in [6.07, 6.45) is 6.19. The second-order valence-corrected chi connectivity index (χ2v) is 8.30. The van der Waals surface area contributed by atoms with Gasteiger partial charge >= 0.3 is 0 Å². The fraction of sp³-hybridized carbons (Fsp3) is 0.318. The lowest BCUT2D eigenvalue weighted by Crippen LogP contribution is -2.24. The fourth-order valence-electron chi connectivity index (χ4n) is 3.18. The summed E-state index contributed by atoms with van der Waals surface area (Å²) in [6, 6.07) is 3.40. The van der Waals surface area contributed by atoms with Crippen molar-refractivity contribution in [2.45, 2.75) is 40.0 Å². The molecule has 158 valence electrons. The Bertz CT molecular complexity index is 1060. The molecule has 0 radical (unpaired) electrons. The number of thiophene rings is 1. The molecule has 0 unspecified atom stereocenters. The number of hydrogen-bond acceptors (Lipinski definition) is 7. The summed E-state index contributed by atoms with van der Waals surface area (Å²) in [7, 11) is 0. The lowest BCUT2D eigenvalue weighted by Gasteiger charge is -2.14. The van der Waals surface area contributed by atoms with Crippen molar-refractivity contribution in [1.29, 1.82) is 0 Å². The number of ether oxygens (including phenoxy) is 1. The van der Waals surface area contributed by atoms with E-state index >= 15 is 0 Å². The third-order valence-electron chi connectivity index (χ3n) is 4.49. The SMILES string of the molecule is C=C(N)c1sc(Oc2ccnc(C(=O)NCCC)c2)c2c1CCc1cnsc1-2.CC. The van der Waals surface area contributed by atoms with Gasteiger partial charge in [0.1, 0.15) is 11.4 Å². The minimum Gasteiger partial charge on any atom is -0.446 e. The van der Waals surface area contributed by atoms with E-state index in [-0.39, 0.29) is 5.91 Å². The van der Waals surface area contributed by atoms with Crippen LogP contribution in [0.25, 0.3) is 16.1 Å². The first-order chi connectivity index (χ1) is 14.6. The van der Waals surface area contributed by atoms with Gasteiger partial charge in [-0.05, 0) is 48.0 Å². The topological polar surface area (TPSA) is 90.1 Å². The summed E-state index contributed by atoms with van der Waals surface area (Å²) in [5, 5.41) is 3.57. The van der Waals surface area contributed by atoms with Crippen LogP contribution in [0, 0.1) is 0 Å². The lowest BCUT2D eigenvalue weighted by atomic mass is 9.93. The molecule has 6 nitrogen and oxygen atoms in total. The molecule has 1 amide bonds. The number of aryl methyl sites for hydroxylation is 1. The maximum absolute atomic E-state index is 12.2. The first kappa shape index (κ1) is 22.0. The Morgan fingerprint density at radius 3 is 2.90 bits per heavy atom. The van der Waals surface area contributed by atoms with Crippen LogP contribution in [0.3, 0.4) is 0 Å². The number of rotatable bonds is 6. The molecule has 0 atom stereocenters. The highest BCUT2D eigenvalue weighted by molar-refractivity contribution is 7.16. The van der Waals surface area contributed by atoms with Gasteiger partial charge in [-0.25, -0.2) is 4.37 Å². The quantitative estimate of drug-likeness (QED) is 0.544. The van der Waals surface area contributed by atoms with E-state index in [2.05, 4.69) is 21.3 Å². The maximum atomic E-state index is 12.2. The average molecular weight is 443 g/mol. The molecule has 0 aliphatic heterocycles. The average Bonchev–Trinajstić information content (AvgIpc) is 3.38. The fourth-order valence-corrected chi connectivity index (χ4v) is 5.22. The van der Waals surface area contributed by atoms with E-state index in [1.54, 1.807) is 18.3 Å². The van der Waals surface area contributed by atoms with Gasteiger partial charge in [-0.1, -0.05) is 38.7 Å². The number of hydrogen-bond donors (Lipinski definition) is 2. The summed E-state index contributed by atoms with van der Waals surface area (Å²) in [4.78, 5) is 18.4. The van der Waals surface area contributed by atoms with Crippen LogP contribution in [0.4, 0.5) is 0 Å². The molecule has 3 heterocycles. The molecule has 0 fully saturated rings. The largest absolute Gasteiger partial charge is 0.446 e. The van der Waals surface area contributed by atoms with Crippen molar-refractivity contribution in [2.75, 3.05) is 6.54 Å². The van der Waals surface area contributed by atoms with E-state index in [9.17, 15) is 4.79 Å². The van der Waals surface area contributed by atoms with E-state index in [0.717, 1.165) is 39.6 Å². The van der Waals surface area contributed by atoms with Gasteiger partial charge < -0.3 is 15.8 Å². The molecule has 3 aromatic heterocycles. The highest BCUT2D eigenvalue weighted by Crippen LogP contribution is 2.50. The van der Waals surface area contributed by atoms with Crippen LogP contribution in [0.15, 0.2) is 31.1 Å². The Hall–Kier alpha value is -2.71. The van der Waals surface area contributed by atoms with Crippen molar-refractivity contribution in [3.05, 3.63) is 52.8 Å². The van der Waals surface area contributed by atoms with Crippen molar-refractivity contribution in [1.82, 2.24) is 14.7 Å². The van der Waals surface area contributed by atoms with Gasteiger partial charge in [0.2, 0.25) is 0 Å². The van der Waals surface area contributed by atoms with Crippen molar-refractivity contribution in [3.63, 3.8) is 0 Å². The highest BCUT2D eigenvalue weighted by Gasteiger charge is 2.28. The Labute approximate surface area is 185 Å². The smallest absolute Gasteiger partial charge is 0.270 e. The standard InChI is InChI=1S/C20H20N4O2S2.C2H6/c1-3-7-23-19(25)15-9-13(6-8-22-15)26-20-16-14(17(27-20)11(2)21)5-4-12-10-24-28-18(12)16;1-2/h6,8-10H,2-5,7,21H2,1H3,(H,23,25);1-2H3. The molecule has 30 heavy (non-hydrogen) atoms. The third kappa shape index (κ3) is 4.39. The molecule has 0 spiro atoms. The van der Waals surface area contributed by atoms with Crippen LogP contribution >= 0.6 is 22.9 Å². The number of carbonyl (C=O) groups is 1. The van der Waals surface area contributed by atoms with Gasteiger partial charge in [0.25, 0.3) is 5.91 Å².